The van der Waals surface area contributed by atoms with Crippen LogP contribution < -0.4 is 11.1 Å². The number of H-pyrrole nitrogens is 2. The first-order valence-corrected chi connectivity index (χ1v) is 21.0. The number of sulfone groups is 2. The zero-order valence-electron chi connectivity index (χ0n) is 30.3. The largest absolute Gasteiger partial charge is 0.453 e. The van der Waals surface area contributed by atoms with E-state index in [1.807, 2.05) is 0 Å². The number of aromatic nitrogens is 2. The zero-order chi connectivity index (χ0) is 39.2. The molecular weight excluding hydrogens is 745 g/mol. The van der Waals surface area contributed by atoms with Crippen molar-refractivity contribution in [2.24, 2.45) is 0 Å². The number of hydrogen-bond acceptors (Lipinski definition) is 12. The van der Waals surface area contributed by atoms with Crippen molar-refractivity contribution < 1.29 is 44.9 Å². The number of nitrogens with one attached hydrogen (secondary N) is 2. The highest BCUT2D eigenvalue weighted by Gasteiger charge is 2.36. The predicted molar refractivity (Wildman–Crippen MR) is 195 cm³/mol. The molecule has 4 heterocycles. The van der Waals surface area contributed by atoms with Crippen molar-refractivity contribution in [1.29, 1.82) is 0 Å². The molecule has 0 bridgehead atoms. The maximum absolute atomic E-state index is 12.1. The molecule has 6 rings (SSSR count). The maximum Gasteiger partial charge on any atom is 0.409 e. The second kappa shape index (κ2) is 16.9. The summed E-state index contributed by atoms with van der Waals surface area (Å²) in [5.74, 6) is 1.21. The number of methoxy groups -OCH3 is 2. The van der Waals surface area contributed by atoms with Gasteiger partial charge in [0.05, 0.1) is 24.0 Å². The summed E-state index contributed by atoms with van der Waals surface area (Å²) in [5, 5.41) is 4.61. The van der Waals surface area contributed by atoms with E-state index in [2.05, 4.69) is 10.3 Å². The molecule has 2 aromatic carbocycles. The molecule has 4 unspecified atom stereocenters. The molecule has 2 fully saturated rings. The average Bonchev–Trinajstić information content (AvgIpc) is 3.79. The molecule has 54 heavy (non-hydrogen) atoms. The normalized spacial score (nSPS) is 20.4. The molecule has 18 heteroatoms. The molecule has 4 aromatic rings. The topological polar surface area (TPSA) is 219 Å². The Hall–Kier alpha value is -5.10. The molecule has 2 N–H and O–H groups in total. The first kappa shape index (κ1) is 40.1. The van der Waals surface area contributed by atoms with E-state index in [1.54, 1.807) is 58.3 Å². The minimum absolute atomic E-state index is 0.0187. The van der Waals surface area contributed by atoms with E-state index in [4.69, 9.17) is 18.5 Å². The predicted octanol–water partition coefficient (Wildman–Crippen LogP) is 3.86. The summed E-state index contributed by atoms with van der Waals surface area (Å²) in [7, 11) is -3.82. The van der Waals surface area contributed by atoms with Gasteiger partial charge in [0.15, 0.2) is 19.7 Å². The SMILES string of the molecule is COC(=O)N1CCC(c2cc(=O)[nH]o2)CC1Cc1ccc(S(C)(=O)=O)cc1.COC(=O)N1CCC(c2cc(=O)[nH]o2)CC1Cc1ccc(S(C)(=O)=O)cc1. The Morgan fingerprint density at radius 2 is 1.02 bits per heavy atom. The van der Waals surface area contributed by atoms with Gasteiger partial charge in [0.2, 0.25) is 0 Å². The number of benzene rings is 2. The van der Waals surface area contributed by atoms with Gasteiger partial charge in [-0.3, -0.25) is 9.59 Å². The third-order valence-corrected chi connectivity index (χ3v) is 12.0. The highest BCUT2D eigenvalue weighted by molar-refractivity contribution is 7.91. The fourth-order valence-corrected chi connectivity index (χ4v) is 8.27. The van der Waals surface area contributed by atoms with Crippen LogP contribution in [0.25, 0.3) is 0 Å². The van der Waals surface area contributed by atoms with Gasteiger partial charge in [-0.05, 0) is 73.9 Å². The van der Waals surface area contributed by atoms with E-state index in [1.165, 1.54) is 26.4 Å². The van der Waals surface area contributed by atoms with Crippen LogP contribution in [0, 0.1) is 0 Å². The van der Waals surface area contributed by atoms with Gasteiger partial charge >= 0.3 is 12.2 Å². The number of amides is 2. The third kappa shape index (κ3) is 10.1. The molecule has 292 valence electrons. The van der Waals surface area contributed by atoms with Gasteiger partial charge in [-0.2, -0.15) is 10.3 Å². The van der Waals surface area contributed by atoms with Gasteiger partial charge in [0.1, 0.15) is 11.5 Å². The van der Waals surface area contributed by atoms with Crippen LogP contribution in [-0.2, 0) is 42.0 Å². The fraction of sp³-hybridized carbons (Fsp3) is 0.444. The lowest BCUT2D eigenvalue weighted by Gasteiger charge is -2.38. The zero-order valence-corrected chi connectivity index (χ0v) is 32.0. The highest BCUT2D eigenvalue weighted by atomic mass is 32.2. The Balaban J connectivity index is 0.000000208. The van der Waals surface area contributed by atoms with Crippen LogP contribution in [0.4, 0.5) is 9.59 Å². The van der Waals surface area contributed by atoms with E-state index >= 15 is 0 Å². The summed E-state index contributed by atoms with van der Waals surface area (Å²) in [6.45, 7) is 0.969. The van der Waals surface area contributed by atoms with Gasteiger partial charge in [-0.15, -0.1) is 0 Å². The second-order valence-electron chi connectivity index (χ2n) is 13.5. The number of carbonyl (C=O) groups is 2. The maximum atomic E-state index is 12.1. The molecule has 2 saturated heterocycles. The van der Waals surface area contributed by atoms with E-state index in [0.717, 1.165) is 23.6 Å². The summed E-state index contributed by atoms with van der Waals surface area (Å²) in [4.78, 5) is 50.9. The van der Waals surface area contributed by atoms with Gasteiger partial charge < -0.3 is 28.3 Å². The van der Waals surface area contributed by atoms with Crippen molar-refractivity contribution in [3.63, 3.8) is 0 Å². The molecule has 0 saturated carbocycles. The third-order valence-electron chi connectivity index (χ3n) is 9.79. The summed E-state index contributed by atoms with van der Waals surface area (Å²) < 4.78 is 66.7. The molecule has 0 spiro atoms. The Labute approximate surface area is 312 Å². The monoisotopic (exact) mass is 788 g/mol. The van der Waals surface area contributed by atoms with Gasteiger partial charge in [-0.1, -0.05) is 24.3 Å². The Morgan fingerprint density at radius 3 is 1.30 bits per heavy atom. The lowest BCUT2D eigenvalue weighted by molar-refractivity contribution is 0.0811. The van der Waals surface area contributed by atoms with E-state index in [-0.39, 0.29) is 44.8 Å². The van der Waals surface area contributed by atoms with Crippen LogP contribution in [-0.4, -0.2) is 101 Å². The van der Waals surface area contributed by atoms with Crippen molar-refractivity contribution in [3.05, 3.63) is 104 Å². The van der Waals surface area contributed by atoms with Crippen LogP contribution in [0.2, 0.25) is 0 Å². The molecule has 2 amide bonds. The minimum atomic E-state index is -3.25. The fourth-order valence-electron chi connectivity index (χ4n) is 7.01. The van der Waals surface area contributed by atoms with Gasteiger partial charge in [0, 0.05) is 61.7 Å². The summed E-state index contributed by atoms with van der Waals surface area (Å²) in [5.41, 5.74) is 1.26. The Kier molecular flexibility index (Phi) is 12.6. The average molecular weight is 789 g/mol. The van der Waals surface area contributed by atoms with Gasteiger partial charge in [-0.25, -0.2) is 26.4 Å². The second-order valence-corrected chi connectivity index (χ2v) is 17.6. The lowest BCUT2D eigenvalue weighted by Crippen LogP contribution is -2.46. The molecule has 2 aliphatic heterocycles. The minimum Gasteiger partial charge on any atom is -0.453 e. The van der Waals surface area contributed by atoms with E-state index < -0.39 is 31.9 Å². The van der Waals surface area contributed by atoms with Crippen molar-refractivity contribution >= 4 is 31.9 Å². The number of carbonyl (C=O) groups excluding carboxylic acids is 2. The van der Waals surface area contributed by atoms with Crippen molar-refractivity contribution in [2.45, 2.75) is 72.2 Å². The highest BCUT2D eigenvalue weighted by Crippen LogP contribution is 2.34. The molecular formula is C36H44N4O12S2. The standard InChI is InChI=1S/2C18H22N2O6S/c2*1-25-18(22)20-8-7-13(16-11-17(21)19-26-16)10-14(20)9-12-3-5-15(6-4-12)27(2,23)24/h2*3-6,11,13-14H,7-10H2,1-2H3,(H,19,21). The number of likely N-dealkylation sites (tertiary alicyclic amines) is 2. The van der Waals surface area contributed by atoms with Crippen molar-refractivity contribution in [1.82, 2.24) is 20.1 Å². The first-order chi connectivity index (χ1) is 25.5. The molecule has 2 aliphatic rings. The van der Waals surface area contributed by atoms with Crippen molar-refractivity contribution in [2.75, 3.05) is 39.8 Å². The molecule has 0 aliphatic carbocycles. The van der Waals surface area contributed by atoms with Crippen LogP contribution in [0.1, 0.15) is 60.2 Å². The number of ether oxygens (including phenoxy) is 2. The number of piperidine rings is 2. The lowest BCUT2D eigenvalue weighted by atomic mass is 9.86. The quantitative estimate of drug-likeness (QED) is 0.260. The molecule has 4 atom stereocenters. The first-order valence-electron chi connectivity index (χ1n) is 17.2. The molecule has 16 nitrogen and oxygen atoms in total. The summed E-state index contributed by atoms with van der Waals surface area (Å²) >= 11 is 0. The van der Waals surface area contributed by atoms with Gasteiger partial charge in [0.25, 0.3) is 11.1 Å². The van der Waals surface area contributed by atoms with Crippen LogP contribution in [0.5, 0.6) is 0 Å². The number of aromatic amines is 2. The summed E-state index contributed by atoms with van der Waals surface area (Å²) in [6.07, 6.45) is 5.18. The smallest absolute Gasteiger partial charge is 0.409 e. The van der Waals surface area contributed by atoms with Crippen LogP contribution in [0.15, 0.2) is 89.1 Å². The number of hydrogen-bond donors (Lipinski definition) is 2. The van der Waals surface area contributed by atoms with Crippen LogP contribution in [0.3, 0.4) is 0 Å². The number of nitrogens with zero attached hydrogens (tertiary/aromatic N) is 2. The molecule has 0 radical (unpaired) electrons. The van der Waals surface area contributed by atoms with E-state index in [0.29, 0.717) is 63.1 Å². The number of rotatable bonds is 8. The Bertz CT molecular complexity index is 2080. The van der Waals surface area contributed by atoms with Crippen molar-refractivity contribution in [3.8, 4) is 0 Å². The van der Waals surface area contributed by atoms with E-state index in [9.17, 15) is 36.0 Å². The summed E-state index contributed by atoms with van der Waals surface area (Å²) in [6, 6.07) is 15.9. The Morgan fingerprint density at radius 1 is 0.667 bits per heavy atom. The molecule has 2 aromatic heterocycles. The van der Waals surface area contributed by atoms with Crippen LogP contribution >= 0.6 is 0 Å².